The van der Waals surface area contributed by atoms with Crippen LogP contribution in [0.3, 0.4) is 0 Å². The van der Waals surface area contributed by atoms with Gasteiger partial charge in [-0.15, -0.1) is 0 Å². The lowest BCUT2D eigenvalue weighted by Gasteiger charge is -2.15. The van der Waals surface area contributed by atoms with Gasteiger partial charge >= 0.3 is 0 Å². The van der Waals surface area contributed by atoms with Crippen LogP contribution < -0.4 is 5.32 Å². The number of rotatable bonds is 6. The van der Waals surface area contributed by atoms with E-state index < -0.39 is 0 Å². The Morgan fingerprint density at radius 1 is 1.14 bits per heavy atom. The third-order valence-corrected chi connectivity index (χ3v) is 5.20. The zero-order chi connectivity index (χ0) is 19.5. The Morgan fingerprint density at radius 2 is 1.89 bits per heavy atom. The van der Waals surface area contributed by atoms with Gasteiger partial charge in [0.1, 0.15) is 11.6 Å². The summed E-state index contributed by atoms with van der Waals surface area (Å²) in [5, 5.41) is 2.88. The van der Waals surface area contributed by atoms with E-state index in [2.05, 4.69) is 21.7 Å². The van der Waals surface area contributed by atoms with Gasteiger partial charge in [0.05, 0.1) is 17.6 Å². The van der Waals surface area contributed by atoms with Crippen molar-refractivity contribution in [2.24, 2.45) is 0 Å². The molecular weight excluding hydrogens is 355 g/mol. The Hall–Kier alpha value is -2.73. The first-order chi connectivity index (χ1) is 13.6. The van der Waals surface area contributed by atoms with Crippen molar-refractivity contribution in [3.63, 3.8) is 0 Å². The van der Waals surface area contributed by atoms with Crippen molar-refractivity contribution < 1.29 is 9.18 Å². The zero-order valence-corrected chi connectivity index (χ0v) is 16.1. The number of carbonyl (C=O) groups excluding carboxylic acids is 1. The number of fused-ring (bicyclic) bond motifs is 1. The number of nitrogens with one attached hydrogen (secondary N) is 1. The molecule has 0 saturated carbocycles. The van der Waals surface area contributed by atoms with E-state index in [1.807, 2.05) is 18.2 Å². The van der Waals surface area contributed by atoms with Crippen LogP contribution in [-0.4, -0.2) is 33.4 Å². The molecule has 1 aliphatic heterocycles. The van der Waals surface area contributed by atoms with Gasteiger partial charge in [0.25, 0.3) is 5.91 Å². The summed E-state index contributed by atoms with van der Waals surface area (Å²) in [6.07, 6.45) is 3.56. The predicted octanol–water partition coefficient (Wildman–Crippen LogP) is 4.43. The number of likely N-dealkylation sites (tertiary alicyclic amines) is 1. The van der Waals surface area contributed by atoms with Gasteiger partial charge in [0.2, 0.25) is 0 Å². The second-order valence-electron chi connectivity index (χ2n) is 7.33. The van der Waals surface area contributed by atoms with Crippen LogP contribution in [0.5, 0.6) is 0 Å². The highest BCUT2D eigenvalue weighted by Crippen LogP contribution is 2.23. The van der Waals surface area contributed by atoms with E-state index in [0.29, 0.717) is 11.3 Å². The molecule has 0 spiro atoms. The number of amides is 1. The lowest BCUT2D eigenvalue weighted by atomic mass is 10.2. The largest absolute Gasteiger partial charge is 0.327 e. The van der Waals surface area contributed by atoms with Gasteiger partial charge in [-0.1, -0.05) is 6.92 Å². The lowest BCUT2D eigenvalue weighted by Crippen LogP contribution is -2.21. The van der Waals surface area contributed by atoms with Crippen LogP contribution in [-0.2, 0) is 13.1 Å². The second kappa shape index (κ2) is 8.10. The first-order valence-electron chi connectivity index (χ1n) is 9.92. The van der Waals surface area contributed by atoms with Crippen molar-refractivity contribution >= 4 is 22.6 Å². The SMILES string of the molecule is CCCn1c(CN2CCCC2)nc2cc(NC(=O)c3ccc(F)cc3)ccc21. The molecular formula is C22H25FN4O. The molecule has 1 aromatic heterocycles. The van der Waals surface area contributed by atoms with Crippen molar-refractivity contribution in [1.29, 1.82) is 0 Å². The fraction of sp³-hybridized carbons (Fsp3) is 0.364. The number of halogens is 1. The molecule has 1 amide bonds. The highest BCUT2D eigenvalue weighted by atomic mass is 19.1. The van der Waals surface area contributed by atoms with Gasteiger partial charge in [-0.25, -0.2) is 9.37 Å². The van der Waals surface area contributed by atoms with Crippen molar-refractivity contribution in [1.82, 2.24) is 14.5 Å². The van der Waals surface area contributed by atoms with Gasteiger partial charge in [0, 0.05) is 17.8 Å². The first-order valence-corrected chi connectivity index (χ1v) is 9.92. The summed E-state index contributed by atoms with van der Waals surface area (Å²) in [7, 11) is 0. The molecule has 0 atom stereocenters. The molecule has 0 aliphatic carbocycles. The van der Waals surface area contributed by atoms with E-state index >= 15 is 0 Å². The van der Waals surface area contributed by atoms with Crippen molar-refractivity contribution in [3.8, 4) is 0 Å². The summed E-state index contributed by atoms with van der Waals surface area (Å²) < 4.78 is 15.3. The van der Waals surface area contributed by atoms with Gasteiger partial charge in [-0.3, -0.25) is 9.69 Å². The van der Waals surface area contributed by atoms with E-state index in [0.717, 1.165) is 49.5 Å². The maximum Gasteiger partial charge on any atom is 0.255 e. The van der Waals surface area contributed by atoms with E-state index in [-0.39, 0.29) is 11.7 Å². The van der Waals surface area contributed by atoms with Crippen molar-refractivity contribution in [2.75, 3.05) is 18.4 Å². The van der Waals surface area contributed by atoms with Crippen molar-refractivity contribution in [3.05, 3.63) is 59.7 Å². The van der Waals surface area contributed by atoms with Crippen LogP contribution in [0.25, 0.3) is 11.0 Å². The Labute approximate surface area is 164 Å². The molecule has 5 nitrogen and oxygen atoms in total. The second-order valence-corrected chi connectivity index (χ2v) is 7.33. The topological polar surface area (TPSA) is 50.2 Å². The molecule has 146 valence electrons. The molecule has 1 fully saturated rings. The van der Waals surface area contributed by atoms with E-state index in [4.69, 9.17) is 4.98 Å². The number of anilines is 1. The Bertz CT molecular complexity index is 974. The van der Waals surface area contributed by atoms with E-state index in [9.17, 15) is 9.18 Å². The molecule has 1 saturated heterocycles. The van der Waals surface area contributed by atoms with Gasteiger partial charge < -0.3 is 9.88 Å². The number of aryl methyl sites for hydroxylation is 1. The molecule has 1 aliphatic rings. The average molecular weight is 380 g/mol. The number of imidazole rings is 1. The standard InChI is InChI=1S/C22H25FN4O/c1-2-11-27-20-10-9-18(24-22(28)16-5-7-17(23)8-6-16)14-19(20)25-21(27)15-26-12-3-4-13-26/h5-10,14H,2-4,11-13,15H2,1H3,(H,24,28). The van der Waals surface area contributed by atoms with E-state index in [1.54, 1.807) is 0 Å². The molecule has 4 rings (SSSR count). The molecule has 28 heavy (non-hydrogen) atoms. The highest BCUT2D eigenvalue weighted by Gasteiger charge is 2.17. The first kappa shape index (κ1) is 18.6. The summed E-state index contributed by atoms with van der Waals surface area (Å²) in [6, 6.07) is 11.4. The van der Waals surface area contributed by atoms with Crippen LogP contribution in [0.15, 0.2) is 42.5 Å². The Kier molecular flexibility index (Phi) is 5.39. The van der Waals surface area contributed by atoms with Crippen LogP contribution in [0.1, 0.15) is 42.4 Å². The van der Waals surface area contributed by atoms with Crippen LogP contribution in [0.4, 0.5) is 10.1 Å². The monoisotopic (exact) mass is 380 g/mol. The normalized spacial score (nSPS) is 14.6. The van der Waals surface area contributed by atoms with Crippen LogP contribution in [0, 0.1) is 5.82 Å². The molecule has 2 heterocycles. The van der Waals surface area contributed by atoms with Crippen LogP contribution in [0.2, 0.25) is 0 Å². The zero-order valence-electron chi connectivity index (χ0n) is 16.1. The average Bonchev–Trinajstić information content (AvgIpc) is 3.31. The molecule has 0 radical (unpaired) electrons. The number of nitrogens with zero attached hydrogens (tertiary/aromatic N) is 3. The molecule has 1 N–H and O–H groups in total. The number of aromatic nitrogens is 2. The summed E-state index contributed by atoms with van der Waals surface area (Å²) in [5.74, 6) is 0.468. The number of hydrogen-bond acceptors (Lipinski definition) is 3. The number of carbonyl (C=O) groups is 1. The van der Waals surface area contributed by atoms with E-state index in [1.165, 1.54) is 37.1 Å². The van der Waals surface area contributed by atoms with Crippen LogP contribution >= 0.6 is 0 Å². The highest BCUT2D eigenvalue weighted by molar-refractivity contribution is 6.04. The molecule has 0 bridgehead atoms. The molecule has 3 aromatic rings. The summed E-state index contributed by atoms with van der Waals surface area (Å²) >= 11 is 0. The minimum absolute atomic E-state index is 0.260. The van der Waals surface area contributed by atoms with Gasteiger partial charge in [-0.2, -0.15) is 0 Å². The maximum atomic E-state index is 13.1. The third kappa shape index (κ3) is 3.92. The van der Waals surface area contributed by atoms with Crippen molar-refractivity contribution in [2.45, 2.75) is 39.3 Å². The number of hydrogen-bond donors (Lipinski definition) is 1. The molecule has 2 aromatic carbocycles. The Balaban J connectivity index is 1.59. The summed E-state index contributed by atoms with van der Waals surface area (Å²) in [4.78, 5) is 19.7. The molecule has 0 unspecified atom stereocenters. The predicted molar refractivity (Wildman–Crippen MR) is 109 cm³/mol. The summed E-state index contributed by atoms with van der Waals surface area (Å²) in [5.41, 5.74) is 3.10. The fourth-order valence-corrected chi connectivity index (χ4v) is 3.80. The maximum absolute atomic E-state index is 13.1. The third-order valence-electron chi connectivity index (χ3n) is 5.20. The molecule has 6 heteroatoms. The van der Waals surface area contributed by atoms with Gasteiger partial charge in [-0.05, 0) is 74.8 Å². The number of benzene rings is 2. The minimum Gasteiger partial charge on any atom is -0.327 e. The smallest absolute Gasteiger partial charge is 0.255 e. The Morgan fingerprint density at radius 3 is 2.61 bits per heavy atom. The summed E-state index contributed by atoms with van der Waals surface area (Å²) in [6.45, 7) is 6.23. The quantitative estimate of drug-likeness (QED) is 0.688. The fourth-order valence-electron chi connectivity index (χ4n) is 3.80. The lowest BCUT2D eigenvalue weighted by molar-refractivity contribution is 0.102. The van der Waals surface area contributed by atoms with Gasteiger partial charge in [0.15, 0.2) is 0 Å². The minimum atomic E-state index is -0.357.